The normalized spacial score (nSPS) is 21.9. The molecule has 0 aromatic heterocycles. The first-order chi connectivity index (χ1) is 12.7. The second-order valence-corrected chi connectivity index (χ2v) is 7.53. The van der Waals surface area contributed by atoms with Crippen molar-refractivity contribution in [1.29, 1.82) is 0 Å². The minimum Gasteiger partial charge on any atom is -0.445 e. The van der Waals surface area contributed by atoms with Gasteiger partial charge in [0.25, 0.3) is 0 Å². The third kappa shape index (κ3) is 3.69. The molecule has 0 N–H and O–H groups in total. The molecule has 26 heavy (non-hydrogen) atoms. The van der Waals surface area contributed by atoms with Crippen molar-refractivity contribution < 1.29 is 14.3 Å². The van der Waals surface area contributed by atoms with E-state index in [0.717, 1.165) is 16.5 Å². The summed E-state index contributed by atoms with van der Waals surface area (Å²) in [6.07, 6.45) is 2.64. The van der Waals surface area contributed by atoms with Crippen LogP contribution in [0.5, 0.6) is 0 Å². The Morgan fingerprint density at radius 2 is 2.00 bits per heavy atom. The Hall–Kier alpha value is -2.11. The van der Waals surface area contributed by atoms with E-state index in [1.54, 1.807) is 0 Å². The molecular formula is C21H20BrNO3. The van der Waals surface area contributed by atoms with Gasteiger partial charge in [-0.1, -0.05) is 64.5 Å². The van der Waals surface area contributed by atoms with Crippen LogP contribution in [0.25, 0.3) is 5.57 Å². The average molecular weight is 414 g/mol. The van der Waals surface area contributed by atoms with Crippen LogP contribution in [0.3, 0.4) is 0 Å². The van der Waals surface area contributed by atoms with E-state index in [1.165, 1.54) is 11.1 Å². The summed E-state index contributed by atoms with van der Waals surface area (Å²) in [6.45, 7) is 1.34. The van der Waals surface area contributed by atoms with Crippen molar-refractivity contribution in [3.05, 3.63) is 76.3 Å². The van der Waals surface area contributed by atoms with Gasteiger partial charge in [-0.2, -0.15) is 0 Å². The van der Waals surface area contributed by atoms with Crippen LogP contribution in [0.2, 0.25) is 0 Å². The van der Waals surface area contributed by atoms with Crippen molar-refractivity contribution >= 4 is 27.6 Å². The lowest BCUT2D eigenvalue weighted by Gasteiger charge is -2.43. The Morgan fingerprint density at radius 1 is 1.15 bits per heavy atom. The molecule has 2 aromatic carbocycles. The highest BCUT2D eigenvalue weighted by Crippen LogP contribution is 2.33. The van der Waals surface area contributed by atoms with Gasteiger partial charge in [0, 0.05) is 4.47 Å². The molecule has 0 saturated carbocycles. The van der Waals surface area contributed by atoms with E-state index in [2.05, 4.69) is 34.1 Å². The highest BCUT2D eigenvalue weighted by molar-refractivity contribution is 9.10. The number of hydrogen-bond acceptors (Lipinski definition) is 3. The van der Waals surface area contributed by atoms with Crippen LogP contribution >= 0.6 is 15.9 Å². The van der Waals surface area contributed by atoms with Crippen LogP contribution in [-0.4, -0.2) is 36.3 Å². The topological polar surface area (TPSA) is 38.8 Å². The SMILES string of the molecule is O=C(OCc1ccccc1)N1C2C=C(c3cccc(Br)c3)CC1COC2. The van der Waals surface area contributed by atoms with Gasteiger partial charge >= 0.3 is 6.09 Å². The third-order valence-corrected chi connectivity index (χ3v) is 5.30. The molecule has 4 nitrogen and oxygen atoms in total. The molecule has 2 bridgehead atoms. The molecule has 4 rings (SSSR count). The molecule has 2 aliphatic rings. The van der Waals surface area contributed by atoms with Gasteiger partial charge in [0.2, 0.25) is 0 Å². The number of ether oxygens (including phenoxy) is 2. The van der Waals surface area contributed by atoms with Crippen molar-refractivity contribution in [1.82, 2.24) is 4.90 Å². The standard InChI is InChI=1S/C21H20BrNO3/c22-18-8-4-7-16(9-18)17-10-19-13-25-14-20(11-17)23(19)21(24)26-12-15-5-2-1-3-6-15/h1-10,19-20H,11-14H2. The summed E-state index contributed by atoms with van der Waals surface area (Å²) >= 11 is 3.53. The van der Waals surface area contributed by atoms with Crippen LogP contribution in [0.15, 0.2) is 65.1 Å². The molecule has 1 fully saturated rings. The third-order valence-electron chi connectivity index (χ3n) is 4.81. The number of carbonyl (C=O) groups is 1. The van der Waals surface area contributed by atoms with Crippen molar-refractivity contribution in [3.63, 3.8) is 0 Å². The van der Waals surface area contributed by atoms with Gasteiger partial charge < -0.3 is 9.47 Å². The molecule has 2 aliphatic heterocycles. The molecule has 2 atom stereocenters. The molecule has 1 amide bonds. The second-order valence-electron chi connectivity index (χ2n) is 6.61. The van der Waals surface area contributed by atoms with E-state index in [0.29, 0.717) is 19.8 Å². The first-order valence-corrected chi connectivity index (χ1v) is 9.53. The maximum atomic E-state index is 12.7. The number of rotatable bonds is 3. The highest BCUT2D eigenvalue weighted by Gasteiger charge is 2.39. The highest BCUT2D eigenvalue weighted by atomic mass is 79.9. The van der Waals surface area contributed by atoms with E-state index >= 15 is 0 Å². The van der Waals surface area contributed by atoms with Gasteiger partial charge in [-0.25, -0.2) is 4.79 Å². The summed E-state index contributed by atoms with van der Waals surface area (Å²) in [5.41, 5.74) is 3.44. The molecule has 2 heterocycles. The van der Waals surface area contributed by atoms with Crippen LogP contribution in [0.1, 0.15) is 17.5 Å². The van der Waals surface area contributed by atoms with E-state index in [9.17, 15) is 4.79 Å². The Bertz CT molecular complexity index is 821. The number of halogens is 1. The average Bonchev–Trinajstić information content (AvgIpc) is 2.66. The predicted molar refractivity (Wildman–Crippen MR) is 104 cm³/mol. The fourth-order valence-electron chi connectivity index (χ4n) is 3.58. The van der Waals surface area contributed by atoms with Gasteiger partial charge in [-0.05, 0) is 35.3 Å². The zero-order chi connectivity index (χ0) is 17.9. The number of fused-ring (bicyclic) bond motifs is 2. The minimum atomic E-state index is -0.267. The van der Waals surface area contributed by atoms with Crippen LogP contribution in [0, 0.1) is 0 Å². The maximum absolute atomic E-state index is 12.7. The molecule has 5 heteroatoms. The van der Waals surface area contributed by atoms with Gasteiger partial charge in [0.05, 0.1) is 25.3 Å². The van der Waals surface area contributed by atoms with E-state index in [1.807, 2.05) is 47.4 Å². The molecular weight excluding hydrogens is 394 g/mol. The Labute approximate surface area is 161 Å². The van der Waals surface area contributed by atoms with Crippen molar-refractivity contribution in [2.45, 2.75) is 25.1 Å². The van der Waals surface area contributed by atoms with Gasteiger partial charge in [-0.3, -0.25) is 4.90 Å². The summed E-state index contributed by atoms with van der Waals surface area (Å²) in [7, 11) is 0. The Kier molecular flexibility index (Phi) is 5.09. The molecule has 1 saturated heterocycles. The molecule has 2 unspecified atom stereocenters. The van der Waals surface area contributed by atoms with Crippen LogP contribution in [-0.2, 0) is 16.1 Å². The fraction of sp³-hybridized carbons (Fsp3) is 0.286. The van der Waals surface area contributed by atoms with Crippen molar-refractivity contribution in [3.8, 4) is 0 Å². The zero-order valence-electron chi connectivity index (χ0n) is 14.3. The van der Waals surface area contributed by atoms with Crippen LogP contribution < -0.4 is 0 Å². The lowest BCUT2D eigenvalue weighted by molar-refractivity contribution is -0.0342. The number of benzene rings is 2. The molecule has 2 aromatic rings. The first-order valence-electron chi connectivity index (χ1n) is 8.74. The summed E-state index contributed by atoms with van der Waals surface area (Å²) < 4.78 is 12.3. The number of carbonyl (C=O) groups excluding carboxylic acids is 1. The first kappa shape index (κ1) is 17.3. The molecule has 0 aliphatic carbocycles. The number of morpholine rings is 1. The Morgan fingerprint density at radius 3 is 2.77 bits per heavy atom. The maximum Gasteiger partial charge on any atom is 0.411 e. The molecule has 134 valence electrons. The van der Waals surface area contributed by atoms with E-state index in [-0.39, 0.29) is 18.2 Å². The monoisotopic (exact) mass is 413 g/mol. The molecule has 0 spiro atoms. The summed E-state index contributed by atoms with van der Waals surface area (Å²) in [5.74, 6) is 0. The largest absolute Gasteiger partial charge is 0.445 e. The summed E-state index contributed by atoms with van der Waals surface area (Å²) in [5, 5.41) is 0. The van der Waals surface area contributed by atoms with Crippen LogP contribution in [0.4, 0.5) is 4.79 Å². The van der Waals surface area contributed by atoms with Crippen molar-refractivity contribution in [2.24, 2.45) is 0 Å². The number of amides is 1. The Balaban J connectivity index is 1.50. The van der Waals surface area contributed by atoms with E-state index in [4.69, 9.17) is 9.47 Å². The summed E-state index contributed by atoms with van der Waals surface area (Å²) in [6, 6.07) is 18.0. The summed E-state index contributed by atoms with van der Waals surface area (Å²) in [4.78, 5) is 14.5. The molecule has 0 radical (unpaired) electrons. The van der Waals surface area contributed by atoms with Gasteiger partial charge in [0.1, 0.15) is 6.61 Å². The predicted octanol–water partition coefficient (Wildman–Crippen LogP) is 4.64. The van der Waals surface area contributed by atoms with Gasteiger partial charge in [0.15, 0.2) is 0 Å². The zero-order valence-corrected chi connectivity index (χ0v) is 15.9. The van der Waals surface area contributed by atoms with E-state index < -0.39 is 0 Å². The fourth-order valence-corrected chi connectivity index (χ4v) is 3.98. The second kappa shape index (κ2) is 7.64. The van der Waals surface area contributed by atoms with Gasteiger partial charge in [-0.15, -0.1) is 0 Å². The quantitative estimate of drug-likeness (QED) is 0.735. The smallest absolute Gasteiger partial charge is 0.411 e. The lowest BCUT2D eigenvalue weighted by Crippen LogP contribution is -2.56. The number of nitrogens with zero attached hydrogens (tertiary/aromatic N) is 1. The lowest BCUT2D eigenvalue weighted by atomic mass is 9.90. The minimum absolute atomic E-state index is 0.0102. The number of hydrogen-bond donors (Lipinski definition) is 0. The van der Waals surface area contributed by atoms with Crippen molar-refractivity contribution in [2.75, 3.05) is 13.2 Å².